The van der Waals surface area contributed by atoms with E-state index in [0.717, 1.165) is 0 Å². The minimum atomic E-state index is -2.57. The molecule has 0 saturated heterocycles. The van der Waals surface area contributed by atoms with E-state index in [4.69, 9.17) is 10.5 Å². The number of alkyl halides is 2. The van der Waals surface area contributed by atoms with Crippen LogP contribution in [0.15, 0.2) is 6.20 Å². The summed E-state index contributed by atoms with van der Waals surface area (Å²) in [7, 11) is 1.33. The SMILES string of the molecule is COc1c(CN)ncc(C)c1C(F)F. The van der Waals surface area contributed by atoms with E-state index in [9.17, 15) is 8.78 Å². The molecule has 0 fully saturated rings. The Hall–Kier alpha value is -1.23. The number of pyridine rings is 1. The number of nitrogens with zero attached hydrogens (tertiary/aromatic N) is 1. The molecule has 1 aromatic heterocycles. The average molecular weight is 202 g/mol. The Kier molecular flexibility index (Phi) is 3.35. The molecule has 5 heteroatoms. The van der Waals surface area contributed by atoms with Crippen LogP contribution in [0.1, 0.15) is 23.2 Å². The van der Waals surface area contributed by atoms with Gasteiger partial charge in [0.05, 0.1) is 18.4 Å². The molecule has 0 unspecified atom stereocenters. The summed E-state index contributed by atoms with van der Waals surface area (Å²) in [6, 6.07) is 0. The molecule has 0 bridgehead atoms. The Balaban J connectivity index is 3.35. The lowest BCUT2D eigenvalue weighted by molar-refractivity contribution is 0.145. The van der Waals surface area contributed by atoms with E-state index < -0.39 is 6.43 Å². The second kappa shape index (κ2) is 4.32. The fourth-order valence-electron chi connectivity index (χ4n) is 1.28. The first-order valence-corrected chi connectivity index (χ1v) is 4.12. The third-order valence-corrected chi connectivity index (χ3v) is 1.96. The van der Waals surface area contributed by atoms with Crippen molar-refractivity contribution in [1.82, 2.24) is 4.98 Å². The molecule has 0 aliphatic heterocycles. The molecule has 14 heavy (non-hydrogen) atoms. The van der Waals surface area contributed by atoms with Gasteiger partial charge < -0.3 is 10.5 Å². The molecule has 1 heterocycles. The molecule has 0 amide bonds. The van der Waals surface area contributed by atoms with E-state index >= 15 is 0 Å². The molecule has 78 valence electrons. The largest absolute Gasteiger partial charge is 0.494 e. The minimum Gasteiger partial charge on any atom is -0.494 e. The van der Waals surface area contributed by atoms with E-state index in [1.165, 1.54) is 13.3 Å². The standard InChI is InChI=1S/C9H12F2N2O/c1-5-4-13-6(3-12)8(14-2)7(5)9(10)11/h4,9H,3,12H2,1-2H3. The molecule has 2 N–H and O–H groups in total. The molecular formula is C9H12F2N2O. The second-order valence-electron chi connectivity index (χ2n) is 2.84. The number of halogens is 2. The molecule has 0 saturated carbocycles. The molecule has 0 aliphatic rings. The predicted octanol–water partition coefficient (Wildman–Crippen LogP) is 1.79. The van der Waals surface area contributed by atoms with Crippen molar-refractivity contribution < 1.29 is 13.5 Å². The molecule has 0 aromatic carbocycles. The maximum Gasteiger partial charge on any atom is 0.267 e. The Morgan fingerprint density at radius 1 is 1.57 bits per heavy atom. The van der Waals surface area contributed by atoms with Gasteiger partial charge in [-0.3, -0.25) is 4.98 Å². The van der Waals surface area contributed by atoms with Crippen molar-refractivity contribution in [2.75, 3.05) is 7.11 Å². The van der Waals surface area contributed by atoms with Crippen LogP contribution in [0, 0.1) is 6.92 Å². The molecular weight excluding hydrogens is 190 g/mol. The molecule has 0 radical (unpaired) electrons. The van der Waals surface area contributed by atoms with Crippen LogP contribution >= 0.6 is 0 Å². The van der Waals surface area contributed by atoms with Gasteiger partial charge in [-0.25, -0.2) is 8.78 Å². The van der Waals surface area contributed by atoms with E-state index in [2.05, 4.69) is 4.98 Å². The fourth-order valence-corrected chi connectivity index (χ4v) is 1.28. The summed E-state index contributed by atoms with van der Waals surface area (Å²) in [5.74, 6) is 0.0995. The van der Waals surface area contributed by atoms with Crippen LogP contribution in [0.3, 0.4) is 0 Å². The highest BCUT2D eigenvalue weighted by molar-refractivity contribution is 5.42. The third kappa shape index (κ3) is 1.82. The van der Waals surface area contributed by atoms with Crippen LogP contribution in [-0.2, 0) is 6.54 Å². The van der Waals surface area contributed by atoms with Gasteiger partial charge in [0.15, 0.2) is 5.75 Å². The van der Waals surface area contributed by atoms with Crippen molar-refractivity contribution in [3.63, 3.8) is 0 Å². The lowest BCUT2D eigenvalue weighted by Gasteiger charge is -2.13. The Bertz CT molecular complexity index is 329. The van der Waals surface area contributed by atoms with Gasteiger partial charge in [-0.2, -0.15) is 0 Å². The predicted molar refractivity (Wildman–Crippen MR) is 48.4 cm³/mol. The third-order valence-electron chi connectivity index (χ3n) is 1.96. The first-order valence-electron chi connectivity index (χ1n) is 4.12. The summed E-state index contributed by atoms with van der Waals surface area (Å²) in [5, 5.41) is 0. The number of aromatic nitrogens is 1. The number of methoxy groups -OCH3 is 1. The summed E-state index contributed by atoms with van der Waals surface area (Å²) >= 11 is 0. The maximum atomic E-state index is 12.6. The Labute approximate surface area is 80.9 Å². The van der Waals surface area contributed by atoms with Crippen LogP contribution in [0.2, 0.25) is 0 Å². The Morgan fingerprint density at radius 2 is 2.21 bits per heavy atom. The van der Waals surface area contributed by atoms with Crippen LogP contribution < -0.4 is 10.5 Å². The average Bonchev–Trinajstić information content (AvgIpc) is 2.16. The van der Waals surface area contributed by atoms with Gasteiger partial charge in [0.2, 0.25) is 0 Å². The number of hydrogen-bond acceptors (Lipinski definition) is 3. The molecule has 0 aliphatic carbocycles. The van der Waals surface area contributed by atoms with Crippen molar-refractivity contribution in [2.24, 2.45) is 5.73 Å². The summed E-state index contributed by atoms with van der Waals surface area (Å²) in [5.41, 5.74) is 6.00. The van der Waals surface area contributed by atoms with Crippen molar-refractivity contribution >= 4 is 0 Å². The molecule has 3 nitrogen and oxygen atoms in total. The van der Waals surface area contributed by atoms with Crippen molar-refractivity contribution in [3.8, 4) is 5.75 Å². The molecule has 0 spiro atoms. The van der Waals surface area contributed by atoms with E-state index in [1.54, 1.807) is 6.92 Å². The number of hydrogen-bond donors (Lipinski definition) is 1. The topological polar surface area (TPSA) is 48.1 Å². The van der Waals surface area contributed by atoms with Crippen molar-refractivity contribution in [3.05, 3.63) is 23.0 Å². The molecule has 1 rings (SSSR count). The number of ether oxygens (including phenoxy) is 1. The lowest BCUT2D eigenvalue weighted by atomic mass is 10.1. The molecule has 0 atom stereocenters. The number of aryl methyl sites for hydroxylation is 1. The van der Waals surface area contributed by atoms with Crippen LogP contribution in [-0.4, -0.2) is 12.1 Å². The van der Waals surface area contributed by atoms with E-state index in [-0.39, 0.29) is 17.9 Å². The quantitative estimate of drug-likeness (QED) is 0.812. The highest BCUT2D eigenvalue weighted by Crippen LogP contribution is 2.33. The van der Waals surface area contributed by atoms with Gasteiger partial charge in [0.25, 0.3) is 6.43 Å². The van der Waals surface area contributed by atoms with Gasteiger partial charge in [-0.15, -0.1) is 0 Å². The highest BCUT2D eigenvalue weighted by Gasteiger charge is 2.20. The van der Waals surface area contributed by atoms with E-state index in [0.29, 0.717) is 11.3 Å². The maximum absolute atomic E-state index is 12.6. The second-order valence-corrected chi connectivity index (χ2v) is 2.84. The number of rotatable bonds is 3. The highest BCUT2D eigenvalue weighted by atomic mass is 19.3. The summed E-state index contributed by atoms with van der Waals surface area (Å²) in [6.45, 7) is 1.65. The summed E-state index contributed by atoms with van der Waals surface area (Å²) in [6.07, 6.45) is -1.19. The first-order chi connectivity index (χ1) is 6.61. The van der Waals surface area contributed by atoms with E-state index in [1.807, 2.05) is 0 Å². The van der Waals surface area contributed by atoms with Crippen molar-refractivity contribution in [2.45, 2.75) is 19.9 Å². The van der Waals surface area contributed by atoms with Gasteiger partial charge in [0.1, 0.15) is 0 Å². The smallest absolute Gasteiger partial charge is 0.267 e. The van der Waals surface area contributed by atoms with Crippen LogP contribution in [0.25, 0.3) is 0 Å². The minimum absolute atomic E-state index is 0.0865. The Morgan fingerprint density at radius 3 is 2.64 bits per heavy atom. The monoisotopic (exact) mass is 202 g/mol. The zero-order chi connectivity index (χ0) is 10.7. The zero-order valence-electron chi connectivity index (χ0n) is 8.05. The summed E-state index contributed by atoms with van der Waals surface area (Å²) < 4.78 is 30.2. The first kappa shape index (κ1) is 10.8. The lowest BCUT2D eigenvalue weighted by Crippen LogP contribution is -2.07. The molecule has 1 aromatic rings. The van der Waals surface area contributed by atoms with Gasteiger partial charge >= 0.3 is 0 Å². The number of nitrogens with two attached hydrogens (primary N) is 1. The van der Waals surface area contributed by atoms with Crippen LogP contribution in [0.4, 0.5) is 8.78 Å². The van der Waals surface area contributed by atoms with Gasteiger partial charge in [-0.05, 0) is 12.5 Å². The summed E-state index contributed by atoms with van der Waals surface area (Å²) in [4.78, 5) is 3.93. The van der Waals surface area contributed by atoms with Crippen molar-refractivity contribution in [1.29, 1.82) is 0 Å². The van der Waals surface area contributed by atoms with Gasteiger partial charge in [0, 0.05) is 12.7 Å². The van der Waals surface area contributed by atoms with Gasteiger partial charge in [-0.1, -0.05) is 0 Å². The van der Waals surface area contributed by atoms with Crippen LogP contribution in [0.5, 0.6) is 5.75 Å². The zero-order valence-corrected chi connectivity index (χ0v) is 8.05. The normalized spacial score (nSPS) is 10.7. The fraction of sp³-hybridized carbons (Fsp3) is 0.444.